The normalized spacial score (nSPS) is 27.9. The molecule has 5 rings (SSSR count). The summed E-state index contributed by atoms with van der Waals surface area (Å²) in [6.07, 6.45) is 16.4. The summed E-state index contributed by atoms with van der Waals surface area (Å²) in [6.45, 7) is 7.70. The molecule has 1 saturated heterocycles. The molecule has 7 heteroatoms. The first-order valence-corrected chi connectivity index (χ1v) is 13.8. The lowest BCUT2D eigenvalue weighted by Crippen LogP contribution is -2.64. The van der Waals surface area contributed by atoms with Crippen molar-refractivity contribution >= 4 is 18.1 Å². The largest absolute Gasteiger partial charge is 0.387 e. The number of likely N-dealkylation sites (tertiary alicyclic amines) is 1. The van der Waals surface area contributed by atoms with Gasteiger partial charge in [0.2, 0.25) is 5.91 Å². The number of hydrogen-bond donors (Lipinski definition) is 1. The van der Waals surface area contributed by atoms with Gasteiger partial charge in [-0.2, -0.15) is 5.10 Å². The fourth-order valence-electron chi connectivity index (χ4n) is 7.36. The van der Waals surface area contributed by atoms with Gasteiger partial charge in [-0.25, -0.2) is 9.67 Å². The Hall–Kier alpha value is -1.89. The van der Waals surface area contributed by atoms with Crippen LogP contribution < -0.4 is 0 Å². The number of aryl methyl sites for hydroxylation is 1. The summed E-state index contributed by atoms with van der Waals surface area (Å²) in [6, 6.07) is 0. The first-order valence-electron chi connectivity index (χ1n) is 13.8. The molecule has 4 aliphatic rings. The quantitative estimate of drug-likeness (QED) is 0.665. The fraction of sp³-hybridized carbons (Fsp3) is 0.815. The van der Waals surface area contributed by atoms with Crippen molar-refractivity contribution in [2.75, 3.05) is 19.6 Å². The van der Waals surface area contributed by atoms with Gasteiger partial charge in [-0.3, -0.25) is 4.79 Å². The molecule has 3 fully saturated rings. The fourth-order valence-corrected chi connectivity index (χ4v) is 7.36. The highest BCUT2D eigenvalue weighted by atomic mass is 16.3. The molecule has 3 heterocycles. The van der Waals surface area contributed by atoms with Gasteiger partial charge in [0.1, 0.15) is 0 Å². The second-order valence-electron chi connectivity index (χ2n) is 11.6. The van der Waals surface area contributed by atoms with Crippen molar-refractivity contribution in [3.63, 3.8) is 0 Å². The van der Waals surface area contributed by atoms with E-state index in [9.17, 15) is 9.90 Å². The van der Waals surface area contributed by atoms with E-state index < -0.39 is 5.60 Å². The molecule has 1 N–H and O–H groups in total. The summed E-state index contributed by atoms with van der Waals surface area (Å²) in [5, 5.41) is 16.6. The third kappa shape index (κ3) is 4.40. The number of fused-ring (bicyclic) bond motifs is 1. The predicted molar refractivity (Wildman–Crippen MR) is 134 cm³/mol. The zero-order valence-electron chi connectivity index (χ0n) is 21.2. The molecule has 1 aromatic heterocycles. The Morgan fingerprint density at radius 2 is 1.94 bits per heavy atom. The minimum absolute atomic E-state index is 0.0931. The van der Waals surface area contributed by atoms with Crippen molar-refractivity contribution in [1.29, 1.82) is 0 Å². The Morgan fingerprint density at radius 1 is 1.18 bits per heavy atom. The SMILES string of the molecule is CCn1ncc2c1N=CN(CC1(O)CCN(C(=O)[C@H](C)CC3CCCCC3)CC13CCCC3)C2. The second-order valence-corrected chi connectivity index (χ2v) is 11.6. The summed E-state index contributed by atoms with van der Waals surface area (Å²) in [5.41, 5.74) is 0.127. The Balaban J connectivity index is 1.26. The lowest BCUT2D eigenvalue weighted by molar-refractivity contribution is -0.162. The van der Waals surface area contributed by atoms with E-state index in [4.69, 9.17) is 0 Å². The van der Waals surface area contributed by atoms with Crippen LogP contribution in [0.1, 0.15) is 90.0 Å². The van der Waals surface area contributed by atoms with E-state index in [1.807, 2.05) is 17.2 Å². The lowest BCUT2D eigenvalue weighted by atomic mass is 9.65. The standard InChI is InChI=1S/C27H43N5O2/c1-3-32-24-23(16-29-32)17-30(20-28-24)19-27(34)13-14-31(18-26(27)11-7-8-12-26)25(33)21(2)15-22-9-5-4-6-10-22/h16,20-22,34H,3-15,17-19H2,1-2H3/t21-,27?/m1/s1. The highest BCUT2D eigenvalue weighted by Gasteiger charge is 2.56. The van der Waals surface area contributed by atoms with Crippen LogP contribution in [0.15, 0.2) is 11.2 Å². The Morgan fingerprint density at radius 3 is 2.68 bits per heavy atom. The maximum Gasteiger partial charge on any atom is 0.225 e. The minimum atomic E-state index is -0.794. The molecular formula is C27H43N5O2. The molecule has 0 aromatic carbocycles. The van der Waals surface area contributed by atoms with Crippen LogP contribution in [0.2, 0.25) is 0 Å². The Bertz CT molecular complexity index is 899. The third-order valence-electron chi connectivity index (χ3n) is 9.35. The number of aromatic nitrogens is 2. The van der Waals surface area contributed by atoms with Crippen LogP contribution in [0.5, 0.6) is 0 Å². The van der Waals surface area contributed by atoms with E-state index in [0.29, 0.717) is 32.0 Å². The number of piperidine rings is 1. The number of aliphatic imine (C=N–C) groups is 1. The van der Waals surface area contributed by atoms with Gasteiger partial charge in [0.15, 0.2) is 5.82 Å². The molecule has 1 aromatic rings. The summed E-state index contributed by atoms with van der Waals surface area (Å²) < 4.78 is 1.93. The van der Waals surface area contributed by atoms with Crippen molar-refractivity contribution in [1.82, 2.24) is 19.6 Å². The summed E-state index contributed by atoms with van der Waals surface area (Å²) in [4.78, 5) is 22.4. The molecule has 2 saturated carbocycles. The average Bonchev–Trinajstić information content (AvgIpc) is 3.49. The molecule has 2 atom stereocenters. The van der Waals surface area contributed by atoms with Gasteiger partial charge < -0.3 is 14.9 Å². The van der Waals surface area contributed by atoms with Crippen LogP contribution in [0, 0.1) is 17.3 Å². The number of β-amino-alcohol motifs (C(OH)–C–C–N with tert-alkyl or cyclic N) is 1. The van der Waals surface area contributed by atoms with Crippen molar-refractivity contribution in [3.05, 3.63) is 11.8 Å². The molecule has 1 unspecified atom stereocenters. The maximum absolute atomic E-state index is 13.5. The van der Waals surface area contributed by atoms with E-state index in [0.717, 1.165) is 62.5 Å². The summed E-state index contributed by atoms with van der Waals surface area (Å²) in [7, 11) is 0. The van der Waals surface area contributed by atoms with E-state index in [1.54, 1.807) is 0 Å². The maximum atomic E-state index is 13.5. The van der Waals surface area contributed by atoms with E-state index in [-0.39, 0.29) is 11.3 Å². The van der Waals surface area contributed by atoms with Crippen molar-refractivity contribution < 1.29 is 9.90 Å². The van der Waals surface area contributed by atoms with Gasteiger partial charge in [0, 0.05) is 49.6 Å². The topological polar surface area (TPSA) is 74.0 Å². The number of carbonyl (C=O) groups excluding carboxylic acids is 1. The lowest BCUT2D eigenvalue weighted by Gasteiger charge is -2.54. The second kappa shape index (κ2) is 9.63. The van der Waals surface area contributed by atoms with Gasteiger partial charge in [-0.15, -0.1) is 0 Å². The van der Waals surface area contributed by atoms with E-state index >= 15 is 0 Å². The van der Waals surface area contributed by atoms with Gasteiger partial charge in [-0.1, -0.05) is 51.9 Å². The van der Waals surface area contributed by atoms with Gasteiger partial charge in [0.25, 0.3) is 0 Å². The molecule has 1 spiro atoms. The number of carbonyl (C=O) groups is 1. The van der Waals surface area contributed by atoms with Gasteiger partial charge in [0.05, 0.1) is 18.1 Å². The molecule has 1 amide bonds. The molecular weight excluding hydrogens is 426 g/mol. The zero-order valence-corrected chi connectivity index (χ0v) is 21.2. The van der Waals surface area contributed by atoms with E-state index in [1.165, 1.54) is 32.1 Å². The molecule has 0 radical (unpaired) electrons. The van der Waals surface area contributed by atoms with Crippen LogP contribution in [0.4, 0.5) is 5.82 Å². The van der Waals surface area contributed by atoms with Crippen LogP contribution in [-0.4, -0.2) is 62.2 Å². The van der Waals surface area contributed by atoms with E-state index in [2.05, 4.69) is 33.7 Å². The third-order valence-corrected chi connectivity index (χ3v) is 9.35. The van der Waals surface area contributed by atoms with Gasteiger partial charge >= 0.3 is 0 Å². The van der Waals surface area contributed by atoms with Crippen molar-refractivity contribution in [3.8, 4) is 0 Å². The van der Waals surface area contributed by atoms with Gasteiger partial charge in [-0.05, 0) is 38.5 Å². The number of rotatable bonds is 6. The zero-order chi connectivity index (χ0) is 23.8. The molecule has 34 heavy (non-hydrogen) atoms. The molecule has 2 aliphatic carbocycles. The highest BCUT2D eigenvalue weighted by Crippen LogP contribution is 2.51. The van der Waals surface area contributed by atoms with Crippen LogP contribution in [0.3, 0.4) is 0 Å². The Kier molecular flexibility index (Phi) is 6.75. The summed E-state index contributed by atoms with van der Waals surface area (Å²) in [5.74, 6) is 2.06. The first kappa shape index (κ1) is 23.8. The number of aliphatic hydroxyl groups is 1. The molecule has 2 aliphatic heterocycles. The number of nitrogens with zero attached hydrogens (tertiary/aromatic N) is 5. The smallest absolute Gasteiger partial charge is 0.225 e. The first-order chi connectivity index (χ1) is 16.4. The molecule has 7 nitrogen and oxygen atoms in total. The number of amides is 1. The Labute approximate surface area is 204 Å². The van der Waals surface area contributed by atoms with Crippen LogP contribution >= 0.6 is 0 Å². The molecule has 188 valence electrons. The number of hydrogen-bond acceptors (Lipinski definition) is 5. The van der Waals surface area contributed by atoms with Crippen molar-refractivity contribution in [2.24, 2.45) is 22.2 Å². The summed E-state index contributed by atoms with van der Waals surface area (Å²) >= 11 is 0. The minimum Gasteiger partial charge on any atom is -0.387 e. The predicted octanol–water partition coefficient (Wildman–Crippen LogP) is 4.51. The monoisotopic (exact) mass is 469 g/mol. The van der Waals surface area contributed by atoms with Crippen molar-refractivity contribution in [2.45, 2.75) is 103 Å². The van der Waals surface area contributed by atoms with Crippen LogP contribution in [-0.2, 0) is 17.9 Å². The van der Waals surface area contributed by atoms with Crippen LogP contribution in [0.25, 0.3) is 0 Å². The highest BCUT2D eigenvalue weighted by molar-refractivity contribution is 5.78. The molecule has 0 bridgehead atoms. The average molecular weight is 470 g/mol.